The molecule has 1 N–H and O–H groups in total. The second-order valence-corrected chi connectivity index (χ2v) is 21.5. The Balaban J connectivity index is 0.843. The lowest BCUT2D eigenvalue weighted by Crippen LogP contribution is -2.41. The van der Waals surface area contributed by atoms with Crippen molar-refractivity contribution < 1.29 is 0 Å². The largest absolute Gasteiger partial charge is 0.337 e. The van der Waals surface area contributed by atoms with Gasteiger partial charge in [0.1, 0.15) is 11.7 Å². The maximum Gasteiger partial charge on any atom is 0.169 e. The minimum Gasteiger partial charge on any atom is -0.337 e. The second-order valence-electron chi connectivity index (χ2n) is 21.5. The molecule has 6 aliphatic carbocycles. The van der Waals surface area contributed by atoms with Gasteiger partial charge in [-0.1, -0.05) is 170 Å². The summed E-state index contributed by atoms with van der Waals surface area (Å²) in [5.41, 5.74) is 18.6. The molecule has 15 rings (SSSR count). The number of benzene rings is 6. The Morgan fingerprint density at radius 2 is 1.49 bits per heavy atom. The van der Waals surface area contributed by atoms with Crippen molar-refractivity contribution in [3.8, 4) is 11.1 Å². The molecule has 2 aliphatic heterocycles. The van der Waals surface area contributed by atoms with Crippen molar-refractivity contribution in [1.82, 2.24) is 9.88 Å². The lowest BCUT2D eigenvalue weighted by molar-refractivity contribution is 0.566. The number of nitrogens with one attached hydrogen (secondary N) is 1. The fourth-order valence-corrected chi connectivity index (χ4v) is 13.9. The number of allylic oxidation sites excluding steroid dienone is 13. The van der Waals surface area contributed by atoms with Crippen LogP contribution in [0, 0.1) is 5.92 Å². The van der Waals surface area contributed by atoms with Crippen molar-refractivity contribution in [2.24, 2.45) is 15.9 Å². The van der Waals surface area contributed by atoms with Crippen molar-refractivity contribution in [2.45, 2.75) is 88.4 Å². The van der Waals surface area contributed by atoms with Gasteiger partial charge in [-0.2, -0.15) is 0 Å². The van der Waals surface area contributed by atoms with Crippen LogP contribution in [0.5, 0.6) is 0 Å². The Morgan fingerprint density at radius 3 is 2.43 bits per heavy atom. The Kier molecular flexibility index (Phi) is 10.5. The topological polar surface area (TPSA) is 44.9 Å². The monoisotopic (exact) mass is 957 g/mol. The molecule has 74 heavy (non-hydrogen) atoms. The van der Waals surface area contributed by atoms with E-state index in [0.29, 0.717) is 12.0 Å². The molecule has 0 amide bonds. The third kappa shape index (κ3) is 7.18. The zero-order valence-electron chi connectivity index (χ0n) is 41.8. The van der Waals surface area contributed by atoms with Gasteiger partial charge in [0.05, 0.1) is 11.6 Å². The maximum atomic E-state index is 5.61. The lowest BCUT2D eigenvalue weighted by Gasteiger charge is -2.35. The summed E-state index contributed by atoms with van der Waals surface area (Å²) in [5, 5.41) is 10.6. The highest BCUT2D eigenvalue weighted by molar-refractivity contribution is 6.14. The minimum atomic E-state index is -0.376. The Morgan fingerprint density at radius 1 is 0.622 bits per heavy atom. The first-order valence-electron chi connectivity index (χ1n) is 27.4. The van der Waals surface area contributed by atoms with Crippen LogP contribution in [0.3, 0.4) is 0 Å². The Bertz CT molecular complexity index is 3860. The first kappa shape index (κ1) is 43.6. The smallest absolute Gasteiger partial charge is 0.169 e. The zero-order valence-corrected chi connectivity index (χ0v) is 41.8. The van der Waals surface area contributed by atoms with Gasteiger partial charge < -0.3 is 14.8 Å². The number of aliphatic imine (C=N–C) groups is 2. The van der Waals surface area contributed by atoms with Crippen LogP contribution in [0.25, 0.3) is 49.7 Å². The SMILES string of the molecule is C1=CC(C2=NC(c3cccc(-c4ccccc4)c3)N=C(C3=CCC(n4c5c(c6cc7cccc(N8c9ccc%10ccccc%10c9C9C=CCCC98)c7cc64)C=CCC5)C4=C3CCC=C4)N2)CC(C2=CCCC=C2)=C1. The Hall–Kier alpha value is -8.02. The molecule has 5 unspecified atom stereocenters. The normalized spacial score (nSPS) is 23.7. The van der Waals surface area contributed by atoms with Crippen molar-refractivity contribution in [2.75, 3.05) is 4.90 Å². The number of amidine groups is 2. The van der Waals surface area contributed by atoms with Crippen LogP contribution >= 0.6 is 0 Å². The first-order valence-corrected chi connectivity index (χ1v) is 27.4. The van der Waals surface area contributed by atoms with Crippen molar-refractivity contribution in [1.29, 1.82) is 0 Å². The summed E-state index contributed by atoms with van der Waals surface area (Å²) in [4.78, 5) is 13.8. The number of aromatic nitrogens is 1. The third-order valence-electron chi connectivity index (χ3n) is 17.3. The number of hydrogen-bond donors (Lipinski definition) is 1. The van der Waals surface area contributed by atoms with Gasteiger partial charge in [0, 0.05) is 56.9 Å². The molecule has 6 aromatic carbocycles. The van der Waals surface area contributed by atoms with E-state index >= 15 is 0 Å². The predicted octanol–water partition coefficient (Wildman–Crippen LogP) is 16.9. The van der Waals surface area contributed by atoms with E-state index < -0.39 is 0 Å². The van der Waals surface area contributed by atoms with Gasteiger partial charge in [-0.15, -0.1) is 0 Å². The van der Waals surface area contributed by atoms with E-state index in [1.165, 1.54) is 99.6 Å². The summed E-state index contributed by atoms with van der Waals surface area (Å²) in [7, 11) is 0. The Labute approximate surface area is 434 Å². The molecule has 5 heteroatoms. The fourth-order valence-electron chi connectivity index (χ4n) is 13.9. The average molecular weight is 958 g/mol. The molecule has 1 aromatic heterocycles. The van der Waals surface area contributed by atoms with Gasteiger partial charge in [0.15, 0.2) is 6.17 Å². The molecule has 0 radical (unpaired) electrons. The highest BCUT2D eigenvalue weighted by Crippen LogP contribution is 2.54. The second kappa shape index (κ2) is 17.9. The van der Waals surface area contributed by atoms with Crippen LogP contribution < -0.4 is 10.2 Å². The average Bonchev–Trinajstić information content (AvgIpc) is 4.00. The van der Waals surface area contributed by atoms with Crippen molar-refractivity contribution in [3.63, 3.8) is 0 Å². The molecule has 0 saturated carbocycles. The molecule has 0 saturated heterocycles. The number of rotatable bonds is 7. The molecule has 5 nitrogen and oxygen atoms in total. The van der Waals surface area contributed by atoms with Crippen molar-refractivity contribution in [3.05, 3.63) is 244 Å². The molecule has 5 atom stereocenters. The third-order valence-corrected chi connectivity index (χ3v) is 17.3. The van der Waals surface area contributed by atoms with E-state index in [2.05, 4.69) is 215 Å². The highest BCUT2D eigenvalue weighted by atomic mass is 15.2. The van der Waals surface area contributed by atoms with Crippen LogP contribution in [0.1, 0.15) is 98.3 Å². The lowest BCUT2D eigenvalue weighted by atomic mass is 9.81. The molecular formula is C69H59N5. The van der Waals surface area contributed by atoms with E-state index in [4.69, 9.17) is 9.98 Å². The quantitative estimate of drug-likeness (QED) is 0.162. The summed E-state index contributed by atoms with van der Waals surface area (Å²) in [6, 6.07) is 46.0. The van der Waals surface area contributed by atoms with Gasteiger partial charge in [-0.25, -0.2) is 9.98 Å². The highest BCUT2D eigenvalue weighted by Gasteiger charge is 2.41. The number of hydrogen-bond acceptors (Lipinski definition) is 4. The van der Waals surface area contributed by atoms with Crippen LogP contribution in [-0.4, -0.2) is 22.3 Å². The number of anilines is 2. The van der Waals surface area contributed by atoms with Gasteiger partial charge in [0.25, 0.3) is 0 Å². The standard InChI is InChI=1S/C69H59N5/c1-3-18-44(19-4-1)47-23-15-26-50(40-47)67-70-68(51-27-16-24-48(41-51)45-20-5-2-6-21-45)72-69(71-67)56-37-39-63(54-30-10-9-29-53(54)56)74-60-33-13-11-31-55(60)59-42-49-25-17-35-62(58(49)43-65(59)74)73-61-34-14-12-32-57(61)66-52-28-8-7-22-46(52)36-38-64(66)73/h1,3-5,7-8,10-12,15-28,30-32,35-38,40,42-43,51,57,61,63,67H,2,6,9,13-14,29,33-34,39,41H2,(H,70,71,72). The summed E-state index contributed by atoms with van der Waals surface area (Å²) in [5.74, 6) is 2.41. The summed E-state index contributed by atoms with van der Waals surface area (Å²) < 4.78 is 2.77. The number of nitrogens with zero attached hydrogens (tertiary/aromatic N) is 4. The van der Waals surface area contributed by atoms with Crippen LogP contribution in [0.4, 0.5) is 11.4 Å². The van der Waals surface area contributed by atoms with Gasteiger partial charge in [-0.3, -0.25) is 0 Å². The van der Waals surface area contributed by atoms with Crippen LogP contribution in [0.15, 0.2) is 232 Å². The molecule has 0 spiro atoms. The molecule has 0 bridgehead atoms. The first-order chi connectivity index (χ1) is 36.7. The minimum absolute atomic E-state index is 0.104. The summed E-state index contributed by atoms with van der Waals surface area (Å²) in [6.45, 7) is 0. The van der Waals surface area contributed by atoms with E-state index in [9.17, 15) is 0 Å². The van der Waals surface area contributed by atoms with E-state index in [0.717, 1.165) is 81.4 Å². The van der Waals surface area contributed by atoms with Gasteiger partial charge >= 0.3 is 0 Å². The zero-order chi connectivity index (χ0) is 48.7. The maximum absolute atomic E-state index is 5.61. The molecule has 360 valence electrons. The van der Waals surface area contributed by atoms with Crippen molar-refractivity contribution >= 4 is 61.6 Å². The predicted molar refractivity (Wildman–Crippen MR) is 309 cm³/mol. The summed E-state index contributed by atoms with van der Waals surface area (Å²) >= 11 is 0. The number of fused-ring (bicyclic) bond motifs is 9. The molecule has 7 aromatic rings. The van der Waals surface area contributed by atoms with Crippen LogP contribution in [-0.2, 0) is 6.42 Å². The van der Waals surface area contributed by atoms with E-state index in [-0.39, 0.29) is 18.1 Å². The van der Waals surface area contributed by atoms with E-state index in [1.807, 2.05) is 0 Å². The van der Waals surface area contributed by atoms with Crippen LogP contribution in [0.2, 0.25) is 0 Å². The van der Waals surface area contributed by atoms with Gasteiger partial charge in [-0.05, 0) is 155 Å². The fraction of sp³-hybridized carbons (Fsp3) is 0.217. The molecular weight excluding hydrogens is 899 g/mol. The molecule has 8 aliphatic rings. The van der Waals surface area contributed by atoms with E-state index in [1.54, 1.807) is 0 Å². The molecule has 3 heterocycles. The summed E-state index contributed by atoms with van der Waals surface area (Å²) in [6.07, 6.45) is 40.9. The molecule has 0 fully saturated rings. The van der Waals surface area contributed by atoms with Gasteiger partial charge in [0.2, 0.25) is 0 Å².